The Morgan fingerprint density at radius 2 is 2.17 bits per heavy atom. The highest BCUT2D eigenvalue weighted by molar-refractivity contribution is 5.94. The van der Waals surface area contributed by atoms with Crippen molar-refractivity contribution >= 4 is 5.91 Å². The monoisotopic (exact) mass is 244 g/mol. The summed E-state index contributed by atoms with van der Waals surface area (Å²) in [5.74, 6) is 0.707. The maximum atomic E-state index is 12.2. The summed E-state index contributed by atoms with van der Waals surface area (Å²) in [6.07, 6.45) is 1.79. The van der Waals surface area contributed by atoms with Gasteiger partial charge >= 0.3 is 0 Å². The van der Waals surface area contributed by atoms with Gasteiger partial charge in [-0.05, 0) is 37.1 Å². The topological polar surface area (TPSA) is 53.3 Å². The molecule has 0 N–H and O–H groups in total. The van der Waals surface area contributed by atoms with Gasteiger partial charge < -0.3 is 9.64 Å². The molecule has 1 aliphatic rings. The van der Waals surface area contributed by atoms with Crippen molar-refractivity contribution in [3.05, 3.63) is 29.8 Å². The zero-order valence-corrected chi connectivity index (χ0v) is 10.4. The Morgan fingerprint density at radius 1 is 1.44 bits per heavy atom. The highest BCUT2D eigenvalue weighted by Gasteiger charge is 2.24. The minimum atomic E-state index is -0.0269. The third-order valence-corrected chi connectivity index (χ3v) is 3.23. The van der Waals surface area contributed by atoms with Gasteiger partial charge in [-0.3, -0.25) is 4.79 Å². The fraction of sp³-hybridized carbons (Fsp3) is 0.429. The van der Waals surface area contributed by atoms with Crippen molar-refractivity contribution in [2.45, 2.75) is 12.8 Å². The molecule has 1 unspecified atom stereocenters. The number of amides is 1. The summed E-state index contributed by atoms with van der Waals surface area (Å²) in [5.41, 5.74) is 0.648. The van der Waals surface area contributed by atoms with E-state index in [4.69, 9.17) is 10.00 Å². The number of hydrogen-bond donors (Lipinski definition) is 0. The van der Waals surface area contributed by atoms with Crippen LogP contribution in [0.1, 0.15) is 23.2 Å². The van der Waals surface area contributed by atoms with Gasteiger partial charge in [-0.2, -0.15) is 5.26 Å². The Balaban J connectivity index is 2.08. The number of likely N-dealkylation sites (tertiary alicyclic amines) is 1. The Kier molecular flexibility index (Phi) is 3.83. The molecule has 0 radical (unpaired) electrons. The van der Waals surface area contributed by atoms with Crippen LogP contribution in [0.2, 0.25) is 0 Å². The molecular weight excluding hydrogens is 228 g/mol. The highest BCUT2D eigenvalue weighted by Crippen LogP contribution is 2.19. The molecule has 1 heterocycles. The largest absolute Gasteiger partial charge is 0.497 e. The van der Waals surface area contributed by atoms with Crippen molar-refractivity contribution in [2.24, 2.45) is 5.92 Å². The van der Waals surface area contributed by atoms with E-state index in [-0.39, 0.29) is 11.8 Å². The number of methoxy groups -OCH3 is 1. The lowest BCUT2D eigenvalue weighted by molar-refractivity contribution is 0.0699. The Hall–Kier alpha value is -2.02. The van der Waals surface area contributed by atoms with Crippen LogP contribution in [0.3, 0.4) is 0 Å². The van der Waals surface area contributed by atoms with Crippen molar-refractivity contribution in [3.63, 3.8) is 0 Å². The maximum Gasteiger partial charge on any atom is 0.253 e. The molecule has 94 valence electrons. The number of carbonyl (C=O) groups excluding carboxylic acids is 1. The standard InChI is InChI=1S/C14H16N2O2/c1-18-13-6-4-12(5-7-13)14(17)16-8-2-3-11(9-15)10-16/h4-7,11H,2-3,8,10H2,1H3. The zero-order chi connectivity index (χ0) is 13.0. The Morgan fingerprint density at radius 3 is 2.78 bits per heavy atom. The van der Waals surface area contributed by atoms with Gasteiger partial charge in [0.05, 0.1) is 19.1 Å². The predicted molar refractivity (Wildman–Crippen MR) is 67.2 cm³/mol. The van der Waals surface area contributed by atoms with Gasteiger partial charge in [0.1, 0.15) is 5.75 Å². The fourth-order valence-electron chi connectivity index (χ4n) is 2.18. The van der Waals surface area contributed by atoms with Gasteiger partial charge in [0.15, 0.2) is 0 Å². The molecule has 1 aromatic carbocycles. The van der Waals surface area contributed by atoms with Crippen molar-refractivity contribution in [1.82, 2.24) is 4.90 Å². The second kappa shape index (κ2) is 5.54. The van der Waals surface area contributed by atoms with Crippen LogP contribution in [0.4, 0.5) is 0 Å². The summed E-state index contributed by atoms with van der Waals surface area (Å²) in [6.45, 7) is 1.28. The van der Waals surface area contributed by atoms with E-state index in [0.717, 1.165) is 25.1 Å². The van der Waals surface area contributed by atoms with E-state index in [0.29, 0.717) is 12.1 Å². The second-order valence-corrected chi connectivity index (χ2v) is 4.45. The molecule has 1 fully saturated rings. The van der Waals surface area contributed by atoms with Crippen LogP contribution in [0.15, 0.2) is 24.3 Å². The summed E-state index contributed by atoms with van der Waals surface area (Å²) in [6, 6.07) is 9.32. The molecule has 18 heavy (non-hydrogen) atoms. The highest BCUT2D eigenvalue weighted by atomic mass is 16.5. The number of carbonyl (C=O) groups is 1. The zero-order valence-electron chi connectivity index (χ0n) is 10.4. The predicted octanol–water partition coefficient (Wildman–Crippen LogP) is 2.07. The minimum absolute atomic E-state index is 0.00222. The molecule has 1 aliphatic heterocycles. The first-order valence-electron chi connectivity index (χ1n) is 6.07. The molecule has 4 nitrogen and oxygen atoms in total. The molecule has 0 aliphatic carbocycles. The number of benzene rings is 1. The average Bonchev–Trinajstić information content (AvgIpc) is 2.46. The van der Waals surface area contributed by atoms with E-state index in [2.05, 4.69) is 6.07 Å². The van der Waals surface area contributed by atoms with Gasteiger partial charge in [0.25, 0.3) is 5.91 Å². The van der Waals surface area contributed by atoms with Gasteiger partial charge in [-0.25, -0.2) is 0 Å². The van der Waals surface area contributed by atoms with Crippen LogP contribution in [-0.4, -0.2) is 31.0 Å². The molecule has 1 amide bonds. The van der Waals surface area contributed by atoms with Crippen molar-refractivity contribution in [3.8, 4) is 11.8 Å². The first-order valence-corrected chi connectivity index (χ1v) is 6.07. The van der Waals surface area contributed by atoms with Crippen molar-refractivity contribution < 1.29 is 9.53 Å². The maximum absolute atomic E-state index is 12.2. The van der Waals surface area contributed by atoms with E-state index >= 15 is 0 Å². The van der Waals surface area contributed by atoms with Crippen LogP contribution in [0.5, 0.6) is 5.75 Å². The van der Waals surface area contributed by atoms with Gasteiger partial charge in [0.2, 0.25) is 0 Å². The average molecular weight is 244 g/mol. The van der Waals surface area contributed by atoms with Gasteiger partial charge in [-0.1, -0.05) is 0 Å². The van der Waals surface area contributed by atoms with Crippen molar-refractivity contribution in [1.29, 1.82) is 5.26 Å². The number of ether oxygens (including phenoxy) is 1. The lowest BCUT2D eigenvalue weighted by Gasteiger charge is -2.29. The third kappa shape index (κ3) is 2.62. The third-order valence-electron chi connectivity index (χ3n) is 3.23. The summed E-state index contributed by atoms with van der Waals surface area (Å²) >= 11 is 0. The number of nitriles is 1. The molecule has 0 spiro atoms. The molecule has 1 saturated heterocycles. The van der Waals surface area contributed by atoms with E-state index < -0.39 is 0 Å². The van der Waals surface area contributed by atoms with Crippen molar-refractivity contribution in [2.75, 3.05) is 20.2 Å². The molecular formula is C14H16N2O2. The van der Waals surface area contributed by atoms with E-state index in [1.54, 1.807) is 36.3 Å². The van der Waals surface area contributed by atoms with Crippen LogP contribution < -0.4 is 4.74 Å². The number of nitrogens with zero attached hydrogens (tertiary/aromatic N) is 2. The molecule has 0 bridgehead atoms. The SMILES string of the molecule is COc1ccc(C(=O)N2CCCC(C#N)C2)cc1. The molecule has 4 heteroatoms. The van der Waals surface area contributed by atoms with Gasteiger partial charge in [-0.15, -0.1) is 0 Å². The van der Waals surface area contributed by atoms with E-state index in [9.17, 15) is 4.79 Å². The molecule has 0 aromatic heterocycles. The Labute approximate surface area is 107 Å². The van der Waals surface area contributed by atoms with Crippen LogP contribution >= 0.6 is 0 Å². The summed E-state index contributed by atoms with van der Waals surface area (Å²) < 4.78 is 5.06. The minimum Gasteiger partial charge on any atom is -0.497 e. The van der Waals surface area contributed by atoms with Crippen LogP contribution in [0, 0.1) is 17.2 Å². The fourth-order valence-corrected chi connectivity index (χ4v) is 2.18. The van der Waals surface area contributed by atoms with Gasteiger partial charge in [0, 0.05) is 18.7 Å². The normalized spacial score (nSPS) is 19.1. The number of piperidine rings is 1. The molecule has 0 saturated carbocycles. The summed E-state index contributed by atoms with van der Waals surface area (Å²) in [4.78, 5) is 14.0. The smallest absolute Gasteiger partial charge is 0.253 e. The van der Waals surface area contributed by atoms with E-state index in [1.807, 2.05) is 0 Å². The number of hydrogen-bond acceptors (Lipinski definition) is 3. The quantitative estimate of drug-likeness (QED) is 0.800. The molecule has 2 rings (SSSR count). The molecule has 1 atom stereocenters. The van der Waals surface area contributed by atoms with Crippen LogP contribution in [0.25, 0.3) is 0 Å². The lowest BCUT2D eigenvalue weighted by Crippen LogP contribution is -2.39. The number of rotatable bonds is 2. The van der Waals surface area contributed by atoms with Crippen LogP contribution in [-0.2, 0) is 0 Å². The summed E-state index contributed by atoms with van der Waals surface area (Å²) in [7, 11) is 1.60. The lowest BCUT2D eigenvalue weighted by atomic mass is 9.99. The first-order chi connectivity index (χ1) is 8.74. The Bertz CT molecular complexity index is 462. The summed E-state index contributed by atoms with van der Waals surface area (Å²) in [5, 5.41) is 8.92. The molecule has 1 aromatic rings. The van der Waals surface area contributed by atoms with E-state index in [1.165, 1.54) is 0 Å². The second-order valence-electron chi connectivity index (χ2n) is 4.45. The first kappa shape index (κ1) is 12.4.